The van der Waals surface area contributed by atoms with Gasteiger partial charge >= 0.3 is 0 Å². The maximum absolute atomic E-state index is 12.4. The quantitative estimate of drug-likeness (QED) is 0.683. The van der Waals surface area contributed by atoms with Gasteiger partial charge in [0.25, 0.3) is 5.91 Å². The van der Waals surface area contributed by atoms with Crippen LogP contribution in [-0.4, -0.2) is 11.6 Å². The van der Waals surface area contributed by atoms with E-state index in [1.54, 1.807) is 11.3 Å². The lowest BCUT2D eigenvalue weighted by Gasteiger charge is -2.12. The van der Waals surface area contributed by atoms with Crippen LogP contribution in [0.1, 0.15) is 58.5 Å². The summed E-state index contributed by atoms with van der Waals surface area (Å²) in [5.74, 6) is 1.44. The van der Waals surface area contributed by atoms with Gasteiger partial charge in [0.15, 0.2) is 0 Å². The number of amides is 1. The molecule has 1 aliphatic rings. The summed E-state index contributed by atoms with van der Waals surface area (Å²) in [5, 5.41) is 6.22. The average Bonchev–Trinajstić information content (AvgIpc) is 3.14. The SMILES string of the molecule is CC/C(=N\NC(=O)c1csc2c1CCCC2)c1ccc(C)o1. The molecule has 0 unspecified atom stereocenters. The molecule has 0 atom stereocenters. The number of hydrazone groups is 1. The number of hydrogen-bond donors (Lipinski definition) is 1. The molecular formula is C17H20N2O2S. The van der Waals surface area contributed by atoms with Crippen molar-refractivity contribution in [2.45, 2.75) is 46.0 Å². The van der Waals surface area contributed by atoms with Crippen molar-refractivity contribution < 1.29 is 9.21 Å². The summed E-state index contributed by atoms with van der Waals surface area (Å²) in [4.78, 5) is 13.8. The number of furan rings is 1. The number of aryl methyl sites for hydroxylation is 2. The standard InChI is InChI=1S/C17H20N2O2S/c1-3-14(15-9-8-11(2)21-15)18-19-17(20)13-10-22-16-7-5-4-6-12(13)16/h8-10H,3-7H2,1-2H3,(H,19,20)/b18-14+. The van der Waals surface area contributed by atoms with Gasteiger partial charge in [0, 0.05) is 10.3 Å². The molecule has 1 aliphatic carbocycles. The Morgan fingerprint density at radius 1 is 1.36 bits per heavy atom. The van der Waals surface area contributed by atoms with Crippen LogP contribution < -0.4 is 5.43 Å². The van der Waals surface area contributed by atoms with E-state index in [1.165, 1.54) is 23.3 Å². The molecule has 2 heterocycles. The highest BCUT2D eigenvalue weighted by Crippen LogP contribution is 2.30. The van der Waals surface area contributed by atoms with Crippen molar-refractivity contribution in [3.8, 4) is 0 Å². The number of carbonyl (C=O) groups excluding carboxylic acids is 1. The monoisotopic (exact) mass is 316 g/mol. The van der Waals surface area contributed by atoms with Crippen LogP contribution in [0, 0.1) is 6.92 Å². The van der Waals surface area contributed by atoms with Crippen molar-refractivity contribution in [2.24, 2.45) is 5.10 Å². The molecule has 5 heteroatoms. The Bertz CT molecular complexity index is 712. The molecule has 3 rings (SSSR count). The zero-order valence-corrected chi connectivity index (χ0v) is 13.8. The van der Waals surface area contributed by atoms with E-state index in [-0.39, 0.29) is 5.91 Å². The third-order valence-corrected chi connectivity index (χ3v) is 5.05. The second-order valence-corrected chi connectivity index (χ2v) is 6.49. The van der Waals surface area contributed by atoms with Crippen LogP contribution in [0.3, 0.4) is 0 Å². The Balaban J connectivity index is 1.76. The van der Waals surface area contributed by atoms with Gasteiger partial charge in [-0.05, 0) is 56.7 Å². The number of rotatable bonds is 4. The van der Waals surface area contributed by atoms with Gasteiger partial charge in [-0.25, -0.2) is 5.43 Å². The fourth-order valence-corrected chi connectivity index (χ4v) is 3.89. The predicted octanol–water partition coefficient (Wildman–Crippen LogP) is 4.07. The first-order valence-electron chi connectivity index (χ1n) is 7.72. The Morgan fingerprint density at radius 3 is 2.91 bits per heavy atom. The molecule has 0 aliphatic heterocycles. The number of thiophene rings is 1. The van der Waals surface area contributed by atoms with E-state index in [4.69, 9.17) is 4.42 Å². The lowest BCUT2D eigenvalue weighted by molar-refractivity contribution is 0.0954. The molecule has 0 saturated carbocycles. The molecule has 0 fully saturated rings. The van der Waals surface area contributed by atoms with E-state index >= 15 is 0 Å². The summed E-state index contributed by atoms with van der Waals surface area (Å²) in [5.41, 5.74) is 5.45. The lowest BCUT2D eigenvalue weighted by atomic mass is 9.96. The molecule has 2 aromatic heterocycles. The summed E-state index contributed by atoms with van der Waals surface area (Å²) < 4.78 is 5.57. The highest BCUT2D eigenvalue weighted by molar-refractivity contribution is 7.10. The summed E-state index contributed by atoms with van der Waals surface area (Å²) in [6.07, 6.45) is 5.20. The van der Waals surface area contributed by atoms with E-state index in [9.17, 15) is 4.79 Å². The molecule has 116 valence electrons. The maximum atomic E-state index is 12.4. The third-order valence-electron chi connectivity index (χ3n) is 3.96. The van der Waals surface area contributed by atoms with Crippen molar-refractivity contribution in [2.75, 3.05) is 0 Å². The molecule has 2 aromatic rings. The zero-order chi connectivity index (χ0) is 15.5. The van der Waals surface area contributed by atoms with E-state index in [2.05, 4.69) is 10.5 Å². The van der Waals surface area contributed by atoms with Gasteiger partial charge in [0.05, 0.1) is 5.56 Å². The van der Waals surface area contributed by atoms with Crippen LogP contribution in [0.15, 0.2) is 27.0 Å². The molecule has 1 amide bonds. The van der Waals surface area contributed by atoms with Crippen LogP contribution in [0.4, 0.5) is 0 Å². The van der Waals surface area contributed by atoms with Crippen molar-refractivity contribution in [3.63, 3.8) is 0 Å². The Kier molecular flexibility index (Phi) is 4.43. The highest BCUT2D eigenvalue weighted by atomic mass is 32.1. The lowest BCUT2D eigenvalue weighted by Crippen LogP contribution is -2.21. The number of carbonyl (C=O) groups is 1. The fourth-order valence-electron chi connectivity index (χ4n) is 2.76. The largest absolute Gasteiger partial charge is 0.460 e. The summed E-state index contributed by atoms with van der Waals surface area (Å²) in [6, 6.07) is 3.79. The first-order chi connectivity index (χ1) is 10.7. The molecule has 1 N–H and O–H groups in total. The second-order valence-electron chi connectivity index (χ2n) is 5.52. The Morgan fingerprint density at radius 2 is 2.18 bits per heavy atom. The van der Waals surface area contributed by atoms with Gasteiger partial charge in [0.1, 0.15) is 17.2 Å². The van der Waals surface area contributed by atoms with Crippen LogP contribution in [0.5, 0.6) is 0 Å². The first kappa shape index (κ1) is 15.0. The minimum atomic E-state index is -0.117. The summed E-state index contributed by atoms with van der Waals surface area (Å²) in [6.45, 7) is 3.89. The van der Waals surface area contributed by atoms with Gasteiger partial charge in [-0.15, -0.1) is 11.3 Å². The van der Waals surface area contributed by atoms with Crippen molar-refractivity contribution in [1.82, 2.24) is 5.43 Å². The average molecular weight is 316 g/mol. The first-order valence-corrected chi connectivity index (χ1v) is 8.60. The summed E-state index contributed by atoms with van der Waals surface area (Å²) in [7, 11) is 0. The second kappa shape index (κ2) is 6.48. The van der Waals surface area contributed by atoms with E-state index in [0.717, 1.165) is 29.9 Å². The predicted molar refractivity (Wildman–Crippen MR) is 88.7 cm³/mol. The van der Waals surface area contributed by atoms with E-state index in [1.807, 2.05) is 31.4 Å². The van der Waals surface area contributed by atoms with Gasteiger partial charge < -0.3 is 4.42 Å². The number of hydrogen-bond acceptors (Lipinski definition) is 4. The molecule has 0 spiro atoms. The van der Waals surface area contributed by atoms with Crippen LogP contribution in [0.25, 0.3) is 0 Å². The highest BCUT2D eigenvalue weighted by Gasteiger charge is 2.20. The fraction of sp³-hybridized carbons (Fsp3) is 0.412. The summed E-state index contributed by atoms with van der Waals surface area (Å²) >= 11 is 1.69. The van der Waals surface area contributed by atoms with Crippen molar-refractivity contribution in [1.29, 1.82) is 0 Å². The van der Waals surface area contributed by atoms with Crippen LogP contribution in [-0.2, 0) is 12.8 Å². The van der Waals surface area contributed by atoms with Crippen molar-refractivity contribution >= 4 is 23.0 Å². The van der Waals surface area contributed by atoms with Gasteiger partial charge in [0.2, 0.25) is 0 Å². The number of nitrogens with zero attached hydrogens (tertiary/aromatic N) is 1. The Labute approximate surface area is 134 Å². The molecular weight excluding hydrogens is 296 g/mol. The topological polar surface area (TPSA) is 54.6 Å². The maximum Gasteiger partial charge on any atom is 0.272 e. The molecule has 0 bridgehead atoms. The third kappa shape index (κ3) is 2.99. The zero-order valence-electron chi connectivity index (χ0n) is 12.9. The molecule has 4 nitrogen and oxygen atoms in total. The smallest absolute Gasteiger partial charge is 0.272 e. The number of nitrogens with one attached hydrogen (secondary N) is 1. The van der Waals surface area contributed by atoms with Crippen LogP contribution in [0.2, 0.25) is 0 Å². The van der Waals surface area contributed by atoms with Gasteiger partial charge in [-0.2, -0.15) is 5.10 Å². The molecule has 0 saturated heterocycles. The molecule has 22 heavy (non-hydrogen) atoms. The van der Waals surface area contributed by atoms with Crippen LogP contribution >= 0.6 is 11.3 Å². The Hall–Kier alpha value is -1.88. The molecule has 0 radical (unpaired) electrons. The van der Waals surface area contributed by atoms with Gasteiger partial charge in [-0.1, -0.05) is 6.92 Å². The van der Waals surface area contributed by atoms with Crippen molar-refractivity contribution in [3.05, 3.63) is 45.0 Å². The molecule has 0 aromatic carbocycles. The van der Waals surface area contributed by atoms with E-state index in [0.29, 0.717) is 12.2 Å². The minimum absolute atomic E-state index is 0.117. The number of fused-ring (bicyclic) bond motifs is 1. The van der Waals surface area contributed by atoms with Gasteiger partial charge in [-0.3, -0.25) is 4.79 Å². The normalized spacial score (nSPS) is 14.7. The minimum Gasteiger partial charge on any atom is -0.460 e. The van der Waals surface area contributed by atoms with E-state index < -0.39 is 0 Å².